The molecule has 0 bridgehead atoms. The molecular formula is C32H23F4OY2-. The van der Waals surface area contributed by atoms with Crippen LogP contribution in [0.4, 0.5) is 17.6 Å². The van der Waals surface area contributed by atoms with Crippen LogP contribution in [0.2, 0.25) is 0 Å². The van der Waals surface area contributed by atoms with Crippen molar-refractivity contribution < 1.29 is 88.1 Å². The second kappa shape index (κ2) is 15.0. The van der Waals surface area contributed by atoms with Gasteiger partial charge in [-0.05, 0) is 42.7 Å². The smallest absolute Gasteiger partial charge is 0.200 e. The fraction of sp³-hybridized carbons (Fsp3) is 0.0625. The predicted molar refractivity (Wildman–Crippen MR) is 139 cm³/mol. The minimum absolute atomic E-state index is 0. The van der Waals surface area contributed by atoms with Crippen LogP contribution in [-0.2, 0) is 65.4 Å². The van der Waals surface area contributed by atoms with Gasteiger partial charge >= 0.3 is 0 Å². The van der Waals surface area contributed by atoms with Crippen molar-refractivity contribution in [3.63, 3.8) is 0 Å². The molecule has 0 atom stereocenters. The molecule has 0 unspecified atom stereocenters. The van der Waals surface area contributed by atoms with E-state index >= 15 is 0 Å². The third-order valence-corrected chi connectivity index (χ3v) is 5.90. The summed E-state index contributed by atoms with van der Waals surface area (Å²) in [4.78, 5) is 0. The van der Waals surface area contributed by atoms with Gasteiger partial charge in [-0.2, -0.15) is 34.7 Å². The van der Waals surface area contributed by atoms with Gasteiger partial charge in [-0.15, -0.1) is 5.56 Å². The first-order chi connectivity index (χ1) is 17.8. The summed E-state index contributed by atoms with van der Waals surface area (Å²) < 4.78 is 55.3. The summed E-state index contributed by atoms with van der Waals surface area (Å²) in [5.41, 5.74) is 4.71. The number of aromatic hydroxyl groups is 1. The number of hydrogen-bond donors (Lipinski definition) is 1. The van der Waals surface area contributed by atoms with Crippen LogP contribution in [0.25, 0.3) is 33.4 Å². The topological polar surface area (TPSA) is 20.2 Å². The largest absolute Gasteiger partial charge is 0.505 e. The van der Waals surface area contributed by atoms with Crippen LogP contribution in [0.5, 0.6) is 5.75 Å². The molecule has 7 heteroatoms. The third kappa shape index (κ3) is 7.95. The zero-order valence-electron chi connectivity index (χ0n) is 21.4. The van der Waals surface area contributed by atoms with Crippen LogP contribution < -0.4 is 0 Å². The van der Waals surface area contributed by atoms with Crippen molar-refractivity contribution >= 4 is 0 Å². The normalized spacial score (nSPS) is 10.0. The Morgan fingerprint density at radius 1 is 0.462 bits per heavy atom. The molecule has 0 aliphatic heterocycles. The first-order valence-corrected chi connectivity index (χ1v) is 11.5. The van der Waals surface area contributed by atoms with Crippen LogP contribution in [0.15, 0.2) is 97.1 Å². The molecule has 5 aromatic carbocycles. The van der Waals surface area contributed by atoms with Crippen LogP contribution in [0.3, 0.4) is 0 Å². The molecule has 0 saturated heterocycles. The van der Waals surface area contributed by atoms with E-state index in [1.165, 1.54) is 6.07 Å². The molecule has 0 amide bonds. The first-order valence-electron chi connectivity index (χ1n) is 11.5. The predicted octanol–water partition coefficient (Wildman–Crippen LogP) is 9.05. The van der Waals surface area contributed by atoms with Crippen LogP contribution in [0, 0.1) is 43.2 Å². The molecule has 0 aromatic heterocycles. The number of hydrogen-bond acceptors (Lipinski definition) is 1. The molecule has 2 radical (unpaired) electrons. The van der Waals surface area contributed by atoms with Crippen molar-refractivity contribution in [2.45, 2.75) is 13.8 Å². The molecule has 5 aromatic rings. The van der Waals surface area contributed by atoms with Crippen molar-refractivity contribution in [2.75, 3.05) is 0 Å². The Bertz CT molecular complexity index is 1520. The van der Waals surface area contributed by atoms with E-state index < -0.39 is 29.0 Å². The van der Waals surface area contributed by atoms with E-state index in [0.717, 1.165) is 17.2 Å². The Hall–Kier alpha value is -2.17. The summed E-state index contributed by atoms with van der Waals surface area (Å²) in [6, 6.07) is 29.8. The van der Waals surface area contributed by atoms with E-state index in [4.69, 9.17) is 5.11 Å². The fourth-order valence-corrected chi connectivity index (χ4v) is 3.79. The Kier molecular flexibility index (Phi) is 12.7. The van der Waals surface area contributed by atoms with Gasteiger partial charge in [0.05, 0.1) is 0 Å². The molecule has 0 aliphatic carbocycles. The molecule has 1 N–H and O–H groups in total. The van der Waals surface area contributed by atoms with E-state index in [1.54, 1.807) is 60.7 Å². The summed E-state index contributed by atoms with van der Waals surface area (Å²) in [7, 11) is 0. The van der Waals surface area contributed by atoms with E-state index in [2.05, 4.69) is 6.07 Å². The Morgan fingerprint density at radius 2 is 0.795 bits per heavy atom. The first kappa shape index (κ1) is 33.0. The minimum atomic E-state index is -1.21. The van der Waals surface area contributed by atoms with Crippen LogP contribution in [-0.4, -0.2) is 5.11 Å². The van der Waals surface area contributed by atoms with Crippen molar-refractivity contribution in [1.29, 1.82) is 0 Å². The SMILES string of the molecule is Cc1ccc(-c2ccc(-c3cc[c-]cc3)c(F)c2F)cc1.Cc1ccc(-c2ccc(O)c(F)c2F)cc1.[Y].[Y]. The van der Waals surface area contributed by atoms with Gasteiger partial charge < -0.3 is 5.11 Å². The Balaban J connectivity index is 0.000000269. The van der Waals surface area contributed by atoms with Gasteiger partial charge in [0.2, 0.25) is 5.82 Å². The van der Waals surface area contributed by atoms with Gasteiger partial charge in [-0.1, -0.05) is 71.8 Å². The average Bonchev–Trinajstić information content (AvgIpc) is 2.91. The molecule has 192 valence electrons. The number of phenols is 1. The van der Waals surface area contributed by atoms with Gasteiger partial charge in [0.25, 0.3) is 0 Å². The maximum Gasteiger partial charge on any atom is 0.200 e. The fourth-order valence-electron chi connectivity index (χ4n) is 3.79. The Labute approximate surface area is 276 Å². The third-order valence-electron chi connectivity index (χ3n) is 5.90. The number of phenolic OH excluding ortho intramolecular Hbond substituents is 1. The maximum atomic E-state index is 14.4. The number of benzene rings is 5. The second-order valence-corrected chi connectivity index (χ2v) is 8.57. The van der Waals surface area contributed by atoms with E-state index in [0.29, 0.717) is 16.7 Å². The summed E-state index contributed by atoms with van der Waals surface area (Å²) in [6.45, 7) is 3.87. The standard InChI is InChI=1S/C19H13F2.C13H10F2O.2Y/c1-13-7-9-15(10-8-13)17-12-11-16(18(20)19(17)21)14-5-3-2-4-6-14;1-8-2-4-9(5-3-8)10-6-7-11(16)13(15)12(10)14;;/h3-12H,1H3;2-7,16H,1H3;;/q-1;;;. The number of aryl methyl sites for hydroxylation is 2. The summed E-state index contributed by atoms with van der Waals surface area (Å²) in [5, 5.41) is 9.00. The maximum absolute atomic E-state index is 14.4. The van der Waals surface area contributed by atoms with Crippen molar-refractivity contribution in [2.24, 2.45) is 0 Å². The van der Waals surface area contributed by atoms with Gasteiger partial charge in [-0.25, -0.2) is 13.2 Å². The summed E-state index contributed by atoms with van der Waals surface area (Å²) in [6.07, 6.45) is 0. The molecular weight excluding hydrogens is 654 g/mol. The quantitative estimate of drug-likeness (QED) is 0.149. The summed E-state index contributed by atoms with van der Waals surface area (Å²) in [5.74, 6) is -4.54. The average molecular weight is 677 g/mol. The molecule has 0 heterocycles. The molecule has 0 aliphatic rings. The van der Waals surface area contributed by atoms with Crippen LogP contribution in [0.1, 0.15) is 11.1 Å². The van der Waals surface area contributed by atoms with Gasteiger partial charge in [0.15, 0.2) is 23.2 Å². The molecule has 0 saturated carbocycles. The molecule has 0 fully saturated rings. The van der Waals surface area contributed by atoms with E-state index in [9.17, 15) is 17.6 Å². The zero-order chi connectivity index (χ0) is 26.5. The zero-order valence-corrected chi connectivity index (χ0v) is 27.0. The minimum Gasteiger partial charge on any atom is -0.505 e. The Morgan fingerprint density at radius 3 is 1.21 bits per heavy atom. The van der Waals surface area contributed by atoms with Gasteiger partial charge in [-0.3, -0.25) is 0 Å². The van der Waals surface area contributed by atoms with Crippen LogP contribution >= 0.6 is 0 Å². The molecule has 5 rings (SSSR count). The molecule has 1 nitrogen and oxygen atoms in total. The molecule has 39 heavy (non-hydrogen) atoms. The monoisotopic (exact) mass is 677 g/mol. The van der Waals surface area contributed by atoms with E-state index in [1.807, 2.05) is 38.1 Å². The molecule has 0 spiro atoms. The van der Waals surface area contributed by atoms with Gasteiger partial charge in [0, 0.05) is 76.5 Å². The number of halogens is 4. The summed E-state index contributed by atoms with van der Waals surface area (Å²) >= 11 is 0. The second-order valence-electron chi connectivity index (χ2n) is 8.57. The van der Waals surface area contributed by atoms with Gasteiger partial charge in [0.1, 0.15) is 0 Å². The van der Waals surface area contributed by atoms with Crippen molar-refractivity contribution in [1.82, 2.24) is 0 Å². The van der Waals surface area contributed by atoms with Crippen molar-refractivity contribution in [3.8, 4) is 39.1 Å². The van der Waals surface area contributed by atoms with Crippen molar-refractivity contribution in [3.05, 3.63) is 138 Å². The number of rotatable bonds is 3. The van der Waals surface area contributed by atoms with E-state index in [-0.39, 0.29) is 82.1 Å².